The summed E-state index contributed by atoms with van der Waals surface area (Å²) in [5, 5.41) is 14.6. The van der Waals surface area contributed by atoms with Gasteiger partial charge in [-0.2, -0.15) is 4.98 Å². The Kier molecular flexibility index (Phi) is 3.99. The molecule has 10 heteroatoms. The molecule has 1 aliphatic heterocycles. The van der Waals surface area contributed by atoms with Crippen molar-refractivity contribution < 1.29 is 14.2 Å². The van der Waals surface area contributed by atoms with Gasteiger partial charge in [0, 0.05) is 26.7 Å². The van der Waals surface area contributed by atoms with Crippen LogP contribution >= 0.6 is 11.3 Å². The van der Waals surface area contributed by atoms with Gasteiger partial charge in [-0.25, -0.2) is 0 Å². The average Bonchev–Trinajstić information content (AvgIpc) is 3.24. The van der Waals surface area contributed by atoms with Crippen LogP contribution in [-0.4, -0.2) is 46.5 Å². The Labute approximate surface area is 135 Å². The van der Waals surface area contributed by atoms with Gasteiger partial charge in [-0.05, 0) is 24.1 Å². The minimum atomic E-state index is -0.496. The molecule has 1 saturated heterocycles. The van der Waals surface area contributed by atoms with Crippen LogP contribution < -0.4 is 4.90 Å². The molecule has 0 aliphatic carbocycles. The number of thiophene rings is 1. The molecule has 3 heterocycles. The fraction of sp³-hybridized carbons (Fsp3) is 0.462. The fourth-order valence-electron chi connectivity index (χ4n) is 2.49. The smallest absolute Gasteiger partial charge is 0.324 e. The third kappa shape index (κ3) is 2.89. The summed E-state index contributed by atoms with van der Waals surface area (Å²) >= 11 is 0.878. The first kappa shape index (κ1) is 15.4. The van der Waals surface area contributed by atoms with Crippen LogP contribution in [0.25, 0.3) is 0 Å². The molecule has 9 nitrogen and oxygen atoms in total. The molecule has 0 N–H and O–H groups in total. The van der Waals surface area contributed by atoms with Crippen LogP contribution in [0.15, 0.2) is 16.7 Å². The van der Waals surface area contributed by atoms with Gasteiger partial charge in [0.1, 0.15) is 6.04 Å². The van der Waals surface area contributed by atoms with Gasteiger partial charge in [-0.1, -0.05) is 11.3 Å². The molecule has 0 bridgehead atoms. The molecule has 1 unspecified atom stereocenters. The number of anilines is 1. The second kappa shape index (κ2) is 5.95. The van der Waals surface area contributed by atoms with Crippen LogP contribution in [-0.2, 0) is 0 Å². The van der Waals surface area contributed by atoms with E-state index in [4.69, 9.17) is 4.52 Å². The summed E-state index contributed by atoms with van der Waals surface area (Å²) < 4.78 is 5.27. The molecule has 0 aromatic carbocycles. The number of nitro groups is 1. The summed E-state index contributed by atoms with van der Waals surface area (Å²) in [5.74, 6) is 0.604. The molecule has 2 aromatic heterocycles. The van der Waals surface area contributed by atoms with E-state index < -0.39 is 4.92 Å². The standard InChI is InChI=1S/C13H15N5O4S/c1-16(2)13-14-11(22-15-13)8-4-3-7-17(8)12(19)9-5-6-10(23-9)18(20)21/h5-6,8H,3-4,7H2,1-2H3. The molecule has 1 aliphatic rings. The molecule has 2 aromatic rings. The number of likely N-dealkylation sites (tertiary alicyclic amines) is 1. The molecule has 23 heavy (non-hydrogen) atoms. The number of carbonyl (C=O) groups excluding carboxylic acids is 1. The summed E-state index contributed by atoms with van der Waals surface area (Å²) in [6.07, 6.45) is 1.55. The zero-order valence-electron chi connectivity index (χ0n) is 12.6. The third-order valence-electron chi connectivity index (χ3n) is 3.61. The van der Waals surface area contributed by atoms with Crippen LogP contribution in [0.2, 0.25) is 0 Å². The predicted molar refractivity (Wildman–Crippen MR) is 82.6 cm³/mol. The highest BCUT2D eigenvalue weighted by atomic mass is 32.1. The Morgan fingerprint density at radius 1 is 1.52 bits per heavy atom. The topological polar surface area (TPSA) is 106 Å². The maximum atomic E-state index is 12.6. The van der Waals surface area contributed by atoms with Crippen molar-refractivity contribution in [2.75, 3.05) is 25.5 Å². The van der Waals surface area contributed by atoms with Crippen molar-refractivity contribution in [3.63, 3.8) is 0 Å². The normalized spacial score (nSPS) is 17.5. The number of amides is 1. The van der Waals surface area contributed by atoms with Crippen LogP contribution in [0.3, 0.4) is 0 Å². The third-order valence-corrected chi connectivity index (χ3v) is 4.64. The van der Waals surface area contributed by atoms with E-state index in [1.807, 2.05) is 0 Å². The predicted octanol–water partition coefficient (Wildman–Crippen LogP) is 2.08. The second-order valence-electron chi connectivity index (χ2n) is 5.38. The van der Waals surface area contributed by atoms with Crippen molar-refractivity contribution in [1.82, 2.24) is 15.0 Å². The Hall–Kier alpha value is -2.49. The highest BCUT2D eigenvalue weighted by Gasteiger charge is 2.35. The Morgan fingerprint density at radius 2 is 2.30 bits per heavy atom. The SMILES string of the molecule is CN(C)c1noc(C2CCCN2C(=O)c2ccc([N+](=O)[O-])s2)n1. The molecular formula is C13H15N5O4S. The largest absolute Gasteiger partial charge is 0.344 e. The second-order valence-corrected chi connectivity index (χ2v) is 6.44. The summed E-state index contributed by atoms with van der Waals surface area (Å²) in [6.45, 7) is 0.564. The number of nitrogens with zero attached hydrogens (tertiary/aromatic N) is 5. The minimum absolute atomic E-state index is 0.0446. The van der Waals surface area contributed by atoms with E-state index in [2.05, 4.69) is 10.1 Å². The lowest BCUT2D eigenvalue weighted by molar-refractivity contribution is -0.380. The molecule has 1 fully saturated rings. The maximum Gasteiger partial charge on any atom is 0.324 e. The summed E-state index contributed by atoms with van der Waals surface area (Å²) in [7, 11) is 3.61. The van der Waals surface area contributed by atoms with Gasteiger partial charge >= 0.3 is 5.00 Å². The fourth-order valence-corrected chi connectivity index (χ4v) is 3.27. The summed E-state index contributed by atoms with van der Waals surface area (Å²) in [6, 6.07) is 2.55. The summed E-state index contributed by atoms with van der Waals surface area (Å²) in [5.41, 5.74) is 0. The first-order valence-electron chi connectivity index (χ1n) is 7.03. The quantitative estimate of drug-likeness (QED) is 0.621. The van der Waals surface area contributed by atoms with E-state index in [1.54, 1.807) is 23.9 Å². The molecule has 0 spiro atoms. The molecule has 0 radical (unpaired) electrons. The molecule has 1 amide bonds. The molecular weight excluding hydrogens is 322 g/mol. The first-order valence-corrected chi connectivity index (χ1v) is 7.85. The van der Waals surface area contributed by atoms with Crippen LogP contribution in [0.1, 0.15) is 34.4 Å². The van der Waals surface area contributed by atoms with E-state index in [0.717, 1.165) is 24.2 Å². The highest BCUT2D eigenvalue weighted by molar-refractivity contribution is 7.17. The molecule has 1 atom stereocenters. The Morgan fingerprint density at radius 3 is 2.91 bits per heavy atom. The molecule has 122 valence electrons. The van der Waals surface area contributed by atoms with Crippen molar-refractivity contribution in [1.29, 1.82) is 0 Å². The van der Waals surface area contributed by atoms with Crippen molar-refractivity contribution in [3.05, 3.63) is 33.0 Å². The number of hydrogen-bond acceptors (Lipinski definition) is 8. The zero-order chi connectivity index (χ0) is 16.6. The Balaban J connectivity index is 1.82. The van der Waals surface area contributed by atoms with Gasteiger partial charge in [-0.3, -0.25) is 14.9 Å². The average molecular weight is 337 g/mol. The van der Waals surface area contributed by atoms with E-state index in [-0.39, 0.29) is 17.0 Å². The maximum absolute atomic E-state index is 12.6. The van der Waals surface area contributed by atoms with Gasteiger partial charge in [0.25, 0.3) is 17.7 Å². The lowest BCUT2D eigenvalue weighted by atomic mass is 10.2. The van der Waals surface area contributed by atoms with Crippen molar-refractivity contribution in [2.24, 2.45) is 0 Å². The molecule has 0 saturated carbocycles. The van der Waals surface area contributed by atoms with Crippen LogP contribution in [0, 0.1) is 10.1 Å². The van der Waals surface area contributed by atoms with E-state index in [0.29, 0.717) is 23.3 Å². The van der Waals surface area contributed by atoms with Gasteiger partial charge in [0.2, 0.25) is 0 Å². The first-order chi connectivity index (χ1) is 11.0. The number of hydrogen-bond donors (Lipinski definition) is 0. The minimum Gasteiger partial charge on any atom is -0.344 e. The monoisotopic (exact) mass is 337 g/mol. The van der Waals surface area contributed by atoms with Crippen LogP contribution in [0.5, 0.6) is 0 Å². The number of rotatable bonds is 4. The molecule has 3 rings (SSSR count). The van der Waals surface area contributed by atoms with Gasteiger partial charge < -0.3 is 14.3 Å². The number of carbonyl (C=O) groups is 1. The summed E-state index contributed by atoms with van der Waals surface area (Å²) in [4.78, 5) is 30.9. The van der Waals surface area contributed by atoms with Gasteiger partial charge in [0.15, 0.2) is 0 Å². The van der Waals surface area contributed by atoms with E-state index in [9.17, 15) is 14.9 Å². The zero-order valence-corrected chi connectivity index (χ0v) is 13.4. The van der Waals surface area contributed by atoms with Gasteiger partial charge in [-0.15, -0.1) is 0 Å². The Bertz CT molecular complexity index is 740. The van der Waals surface area contributed by atoms with Crippen molar-refractivity contribution >= 4 is 28.2 Å². The van der Waals surface area contributed by atoms with Crippen molar-refractivity contribution in [3.8, 4) is 0 Å². The highest BCUT2D eigenvalue weighted by Crippen LogP contribution is 2.34. The number of aromatic nitrogens is 2. The lowest BCUT2D eigenvalue weighted by Crippen LogP contribution is -2.30. The van der Waals surface area contributed by atoms with Crippen LogP contribution in [0.4, 0.5) is 10.9 Å². The lowest BCUT2D eigenvalue weighted by Gasteiger charge is -2.20. The van der Waals surface area contributed by atoms with Gasteiger partial charge in [0.05, 0.1) is 9.80 Å². The van der Waals surface area contributed by atoms with E-state index in [1.165, 1.54) is 12.1 Å². The van der Waals surface area contributed by atoms with E-state index >= 15 is 0 Å². The van der Waals surface area contributed by atoms with Crippen molar-refractivity contribution in [2.45, 2.75) is 18.9 Å².